The molecule has 0 spiro atoms. The van der Waals surface area contributed by atoms with Crippen LogP contribution in [0.4, 0.5) is 11.4 Å². The van der Waals surface area contributed by atoms with Crippen molar-refractivity contribution in [1.82, 2.24) is 0 Å². The number of anilines is 1. The summed E-state index contributed by atoms with van der Waals surface area (Å²) in [6.45, 7) is 2.38. The molecule has 0 heterocycles. The van der Waals surface area contributed by atoms with Gasteiger partial charge in [0.25, 0.3) is 11.6 Å². The number of benzene rings is 3. The Morgan fingerprint density at radius 2 is 1.85 bits per heavy atom. The monoisotopic (exact) mass is 569 g/mol. The molecule has 0 saturated carbocycles. The van der Waals surface area contributed by atoms with Crippen molar-refractivity contribution < 1.29 is 14.5 Å². The number of amides is 1. The number of ether oxygens (including phenoxy) is 1. The van der Waals surface area contributed by atoms with E-state index < -0.39 is 10.8 Å². The summed E-state index contributed by atoms with van der Waals surface area (Å²) >= 11 is 6.94. The van der Waals surface area contributed by atoms with Gasteiger partial charge in [-0.15, -0.1) is 0 Å². The van der Waals surface area contributed by atoms with Crippen LogP contribution < -0.4 is 10.1 Å². The quantitative estimate of drug-likeness (QED) is 0.150. The fraction of sp³-hybridized carbons (Fsp3) is 0.0833. The molecule has 0 aliphatic heterocycles. The maximum Gasteiger partial charge on any atom is 0.292 e. The Labute approximate surface area is 207 Å². The highest BCUT2D eigenvalue weighted by Crippen LogP contribution is 2.36. The van der Waals surface area contributed by atoms with Gasteiger partial charge in [-0.25, -0.2) is 0 Å². The van der Waals surface area contributed by atoms with Gasteiger partial charge in [0, 0.05) is 6.07 Å². The molecule has 7 nitrogen and oxygen atoms in total. The van der Waals surface area contributed by atoms with E-state index in [4.69, 9.17) is 4.74 Å². The maximum atomic E-state index is 12.6. The summed E-state index contributed by atoms with van der Waals surface area (Å²) < 4.78 is 7.20. The summed E-state index contributed by atoms with van der Waals surface area (Å²) in [5, 5.41) is 23.1. The number of carbonyl (C=O) groups is 1. The van der Waals surface area contributed by atoms with Gasteiger partial charge < -0.3 is 10.1 Å². The summed E-state index contributed by atoms with van der Waals surface area (Å²) in [5.41, 5.74) is 2.26. The van der Waals surface area contributed by atoms with Gasteiger partial charge in [0.15, 0.2) is 0 Å². The van der Waals surface area contributed by atoms with Crippen LogP contribution in [0.2, 0.25) is 0 Å². The van der Waals surface area contributed by atoms with Crippen molar-refractivity contribution in [1.29, 1.82) is 5.26 Å². The first-order valence-electron chi connectivity index (χ1n) is 9.62. The zero-order chi connectivity index (χ0) is 24.0. The first kappa shape index (κ1) is 24.2. The SMILES string of the molecule is Cc1cccc(COc2c(Br)cc(/C=C(\C#N)C(=O)Nc3ccccc3[N+](=O)[O-])cc2Br)c1. The summed E-state index contributed by atoms with van der Waals surface area (Å²) in [6.07, 6.45) is 1.39. The predicted molar refractivity (Wildman–Crippen MR) is 133 cm³/mol. The zero-order valence-electron chi connectivity index (χ0n) is 17.3. The third kappa shape index (κ3) is 6.28. The molecular formula is C24H17Br2N3O4. The highest BCUT2D eigenvalue weighted by atomic mass is 79.9. The molecule has 0 aliphatic carbocycles. The Bertz CT molecular complexity index is 1280. The van der Waals surface area contributed by atoms with E-state index in [-0.39, 0.29) is 16.9 Å². The van der Waals surface area contributed by atoms with Crippen molar-refractivity contribution in [3.8, 4) is 11.8 Å². The zero-order valence-corrected chi connectivity index (χ0v) is 20.5. The van der Waals surface area contributed by atoms with E-state index in [1.807, 2.05) is 37.3 Å². The van der Waals surface area contributed by atoms with Crippen LogP contribution in [0, 0.1) is 28.4 Å². The van der Waals surface area contributed by atoms with Gasteiger partial charge in [-0.1, -0.05) is 42.0 Å². The topological polar surface area (TPSA) is 105 Å². The molecule has 3 aromatic rings. The maximum absolute atomic E-state index is 12.6. The number of aryl methyl sites for hydroxylation is 1. The molecule has 0 aliphatic rings. The third-order valence-corrected chi connectivity index (χ3v) is 5.69. The lowest BCUT2D eigenvalue weighted by Crippen LogP contribution is -2.14. The van der Waals surface area contributed by atoms with Crippen LogP contribution in [0.3, 0.4) is 0 Å². The lowest BCUT2D eigenvalue weighted by molar-refractivity contribution is -0.383. The molecule has 0 saturated heterocycles. The fourth-order valence-corrected chi connectivity index (χ4v) is 4.45. The molecule has 1 amide bonds. The van der Waals surface area contributed by atoms with Gasteiger partial charge in [-0.05, 0) is 74.2 Å². The molecule has 0 fully saturated rings. The van der Waals surface area contributed by atoms with Crippen LogP contribution in [0.15, 0.2) is 75.2 Å². The van der Waals surface area contributed by atoms with Crippen LogP contribution in [0.1, 0.15) is 16.7 Å². The Kier molecular flexibility index (Phi) is 7.98. The second kappa shape index (κ2) is 10.9. The van der Waals surface area contributed by atoms with Crippen LogP contribution in [0.5, 0.6) is 5.75 Å². The summed E-state index contributed by atoms with van der Waals surface area (Å²) in [4.78, 5) is 23.1. The van der Waals surface area contributed by atoms with Gasteiger partial charge in [-0.2, -0.15) is 5.26 Å². The molecule has 9 heteroatoms. The summed E-state index contributed by atoms with van der Waals surface area (Å²) in [5.74, 6) is -0.171. The van der Waals surface area contributed by atoms with Gasteiger partial charge in [0.05, 0.1) is 13.9 Å². The summed E-state index contributed by atoms with van der Waals surface area (Å²) in [7, 11) is 0. The second-order valence-electron chi connectivity index (χ2n) is 6.99. The normalized spacial score (nSPS) is 10.9. The van der Waals surface area contributed by atoms with Gasteiger partial charge in [-0.3, -0.25) is 14.9 Å². The van der Waals surface area contributed by atoms with E-state index in [9.17, 15) is 20.2 Å². The molecular weight excluding hydrogens is 554 g/mol. The van der Waals surface area contributed by atoms with Crippen molar-refractivity contribution in [3.05, 3.63) is 102 Å². The van der Waals surface area contributed by atoms with Crippen LogP contribution in [-0.2, 0) is 11.4 Å². The van der Waals surface area contributed by atoms with E-state index in [2.05, 4.69) is 37.2 Å². The number of nitro benzene ring substituents is 1. The molecule has 1 N–H and O–H groups in total. The average Bonchev–Trinajstić information content (AvgIpc) is 2.77. The standard InChI is InChI=1S/C24H17Br2N3O4/c1-15-5-4-6-16(9-15)14-33-23-19(25)11-17(12-20(23)26)10-18(13-27)24(30)28-21-7-2-3-8-22(21)29(31)32/h2-12H,14H2,1H3,(H,28,30)/b18-10+. The largest absolute Gasteiger partial charge is 0.487 e. The number of nitro groups is 1. The first-order valence-corrected chi connectivity index (χ1v) is 11.2. The Morgan fingerprint density at radius 1 is 1.15 bits per heavy atom. The lowest BCUT2D eigenvalue weighted by Gasteiger charge is -2.12. The van der Waals surface area contributed by atoms with E-state index in [0.29, 0.717) is 26.9 Å². The van der Waals surface area contributed by atoms with E-state index >= 15 is 0 Å². The third-order valence-electron chi connectivity index (χ3n) is 4.51. The Balaban J connectivity index is 1.80. The number of carbonyl (C=O) groups excluding carboxylic acids is 1. The number of rotatable bonds is 7. The van der Waals surface area contributed by atoms with E-state index in [1.165, 1.54) is 24.3 Å². The minimum Gasteiger partial charge on any atom is -0.487 e. The van der Waals surface area contributed by atoms with Gasteiger partial charge in [0.1, 0.15) is 29.7 Å². The average molecular weight is 571 g/mol. The van der Waals surface area contributed by atoms with Crippen molar-refractivity contribution in [3.63, 3.8) is 0 Å². The van der Waals surface area contributed by atoms with Crippen LogP contribution in [0.25, 0.3) is 6.08 Å². The van der Waals surface area contributed by atoms with Crippen molar-refractivity contribution >= 4 is 55.2 Å². The smallest absolute Gasteiger partial charge is 0.292 e. The highest BCUT2D eigenvalue weighted by Gasteiger charge is 2.18. The van der Waals surface area contributed by atoms with Crippen LogP contribution >= 0.6 is 31.9 Å². The fourth-order valence-electron chi connectivity index (χ4n) is 3.00. The number of nitrogens with zero attached hydrogens (tertiary/aromatic N) is 2. The second-order valence-corrected chi connectivity index (χ2v) is 8.70. The molecule has 0 radical (unpaired) electrons. The minimum absolute atomic E-state index is 0.0101. The highest BCUT2D eigenvalue weighted by molar-refractivity contribution is 9.11. The number of nitriles is 1. The number of nitrogens with one attached hydrogen (secondary N) is 1. The molecule has 3 aromatic carbocycles. The number of para-hydroxylation sites is 2. The molecule has 3 rings (SSSR count). The molecule has 33 heavy (non-hydrogen) atoms. The molecule has 0 bridgehead atoms. The van der Waals surface area contributed by atoms with Crippen LogP contribution in [-0.4, -0.2) is 10.8 Å². The van der Waals surface area contributed by atoms with Crippen molar-refractivity contribution in [2.75, 3.05) is 5.32 Å². The molecule has 0 atom stereocenters. The number of halogens is 2. The minimum atomic E-state index is -0.751. The van der Waals surface area contributed by atoms with Gasteiger partial charge in [0.2, 0.25) is 0 Å². The van der Waals surface area contributed by atoms with Crippen molar-refractivity contribution in [2.24, 2.45) is 0 Å². The molecule has 0 aromatic heterocycles. The first-order chi connectivity index (χ1) is 15.8. The van der Waals surface area contributed by atoms with Gasteiger partial charge >= 0.3 is 0 Å². The van der Waals surface area contributed by atoms with E-state index in [1.54, 1.807) is 18.2 Å². The predicted octanol–water partition coefficient (Wildman–Crippen LogP) is 6.55. The summed E-state index contributed by atoms with van der Waals surface area (Å²) in [6, 6.07) is 19.0. The molecule has 0 unspecified atom stereocenters. The number of hydrogen-bond donors (Lipinski definition) is 1. The Morgan fingerprint density at radius 3 is 2.48 bits per heavy atom. The lowest BCUT2D eigenvalue weighted by atomic mass is 10.1. The van der Waals surface area contributed by atoms with Crippen molar-refractivity contribution in [2.45, 2.75) is 13.5 Å². The number of hydrogen-bond acceptors (Lipinski definition) is 5. The Hall–Kier alpha value is -3.48. The van der Waals surface area contributed by atoms with E-state index in [0.717, 1.165) is 11.1 Å². The molecule has 166 valence electrons.